The Kier molecular flexibility index (Phi) is 6.38. The Balaban J connectivity index is 1.38. The highest BCUT2D eigenvalue weighted by molar-refractivity contribution is 5.95. The summed E-state index contributed by atoms with van der Waals surface area (Å²) < 4.78 is 5.17. The van der Waals surface area contributed by atoms with Gasteiger partial charge in [0.1, 0.15) is 11.6 Å². The van der Waals surface area contributed by atoms with Crippen molar-refractivity contribution in [2.45, 2.75) is 19.4 Å². The number of amides is 1. The summed E-state index contributed by atoms with van der Waals surface area (Å²) in [6.07, 6.45) is 1.69. The van der Waals surface area contributed by atoms with Crippen LogP contribution in [0, 0.1) is 0 Å². The Morgan fingerprint density at radius 3 is 2.45 bits per heavy atom. The molecule has 2 N–H and O–H groups in total. The van der Waals surface area contributed by atoms with Gasteiger partial charge in [0, 0.05) is 11.1 Å². The Hall–Kier alpha value is -3.93. The fourth-order valence-corrected chi connectivity index (χ4v) is 3.39. The summed E-state index contributed by atoms with van der Waals surface area (Å²) in [4.78, 5) is 17.3. The maximum absolute atomic E-state index is 12.8. The first-order chi connectivity index (χ1) is 15.2. The van der Waals surface area contributed by atoms with Crippen LogP contribution in [0.15, 0.2) is 78.9 Å². The van der Waals surface area contributed by atoms with Gasteiger partial charge in [0.15, 0.2) is 5.82 Å². The van der Waals surface area contributed by atoms with Gasteiger partial charge in [-0.25, -0.2) is 4.98 Å². The van der Waals surface area contributed by atoms with Crippen LogP contribution < -0.4 is 10.1 Å². The molecule has 0 fully saturated rings. The second kappa shape index (κ2) is 9.71. The molecule has 31 heavy (non-hydrogen) atoms. The molecule has 0 spiro atoms. The van der Waals surface area contributed by atoms with Gasteiger partial charge in [0.05, 0.1) is 13.7 Å². The number of nitrogens with one attached hydrogen (secondary N) is 2. The lowest BCUT2D eigenvalue weighted by Crippen LogP contribution is -2.24. The summed E-state index contributed by atoms with van der Waals surface area (Å²) in [7, 11) is 1.63. The normalized spacial score (nSPS) is 10.6. The third-order valence-electron chi connectivity index (χ3n) is 5.08. The molecule has 0 atom stereocenters. The zero-order valence-corrected chi connectivity index (χ0v) is 17.3. The van der Waals surface area contributed by atoms with Crippen LogP contribution in [-0.2, 0) is 19.4 Å². The van der Waals surface area contributed by atoms with E-state index in [2.05, 4.69) is 32.6 Å². The van der Waals surface area contributed by atoms with Gasteiger partial charge in [0.2, 0.25) is 0 Å². The van der Waals surface area contributed by atoms with Crippen LogP contribution in [0.3, 0.4) is 0 Å². The second-order valence-corrected chi connectivity index (χ2v) is 7.16. The highest BCUT2D eigenvalue weighted by atomic mass is 16.5. The highest BCUT2D eigenvalue weighted by Crippen LogP contribution is 2.19. The first-order valence-electron chi connectivity index (χ1n) is 10.2. The quantitative estimate of drug-likeness (QED) is 0.455. The monoisotopic (exact) mass is 412 g/mol. The number of ether oxygens (including phenoxy) is 1. The highest BCUT2D eigenvalue weighted by Gasteiger charge is 2.12. The number of H-pyrrole nitrogens is 1. The fraction of sp³-hybridized carbons (Fsp3) is 0.160. The first kappa shape index (κ1) is 20.3. The van der Waals surface area contributed by atoms with Crippen molar-refractivity contribution in [3.05, 3.63) is 101 Å². The van der Waals surface area contributed by atoms with Crippen LogP contribution in [0.4, 0.5) is 0 Å². The molecule has 0 unspecified atom stereocenters. The summed E-state index contributed by atoms with van der Waals surface area (Å²) in [5, 5.41) is 10.1. The molecule has 0 aliphatic rings. The molecule has 1 amide bonds. The number of aromatic nitrogens is 3. The standard InChI is InChI=1S/C25H24N4O2/c1-31-21-15-13-20(14-16-21)24-27-23(28-29-24)17-26-25(30)22-10-6-5-9-19(22)12-11-18-7-3-2-4-8-18/h2-10,13-16H,11-12,17H2,1H3,(H,26,30)(H,27,28,29). The van der Waals surface area contributed by atoms with Crippen molar-refractivity contribution in [3.8, 4) is 17.1 Å². The lowest BCUT2D eigenvalue weighted by molar-refractivity contribution is 0.0949. The summed E-state index contributed by atoms with van der Waals surface area (Å²) in [5.41, 5.74) is 3.85. The van der Waals surface area contributed by atoms with E-state index in [1.807, 2.05) is 66.7 Å². The summed E-state index contributed by atoms with van der Waals surface area (Å²) in [5.74, 6) is 1.83. The fourth-order valence-electron chi connectivity index (χ4n) is 3.39. The van der Waals surface area contributed by atoms with Crippen LogP contribution >= 0.6 is 0 Å². The van der Waals surface area contributed by atoms with Gasteiger partial charge in [-0.2, -0.15) is 5.10 Å². The zero-order chi connectivity index (χ0) is 21.5. The number of aryl methyl sites for hydroxylation is 2. The molecule has 1 heterocycles. The second-order valence-electron chi connectivity index (χ2n) is 7.16. The van der Waals surface area contributed by atoms with Gasteiger partial charge in [-0.15, -0.1) is 0 Å². The van der Waals surface area contributed by atoms with Crippen LogP contribution in [0.5, 0.6) is 5.75 Å². The molecule has 4 rings (SSSR count). The number of benzene rings is 3. The van der Waals surface area contributed by atoms with E-state index in [0.29, 0.717) is 17.2 Å². The zero-order valence-electron chi connectivity index (χ0n) is 17.3. The Morgan fingerprint density at radius 2 is 1.68 bits per heavy atom. The number of carbonyl (C=O) groups is 1. The van der Waals surface area contributed by atoms with E-state index in [4.69, 9.17) is 4.74 Å². The molecular formula is C25H24N4O2. The van der Waals surface area contributed by atoms with Crippen LogP contribution in [0.25, 0.3) is 11.4 Å². The summed E-state index contributed by atoms with van der Waals surface area (Å²) in [6, 6.07) is 25.5. The summed E-state index contributed by atoms with van der Waals surface area (Å²) in [6.45, 7) is 0.273. The van der Waals surface area contributed by atoms with E-state index in [1.54, 1.807) is 7.11 Å². The predicted molar refractivity (Wildman–Crippen MR) is 120 cm³/mol. The lowest BCUT2D eigenvalue weighted by atomic mass is 9.99. The number of hydrogen-bond donors (Lipinski definition) is 2. The number of hydrogen-bond acceptors (Lipinski definition) is 4. The van der Waals surface area contributed by atoms with E-state index in [-0.39, 0.29) is 12.5 Å². The third kappa shape index (κ3) is 5.17. The van der Waals surface area contributed by atoms with Gasteiger partial charge in [-0.05, 0) is 54.3 Å². The molecule has 156 valence electrons. The minimum atomic E-state index is -0.119. The predicted octanol–water partition coefficient (Wildman–Crippen LogP) is 4.20. The van der Waals surface area contributed by atoms with Crippen molar-refractivity contribution in [2.75, 3.05) is 7.11 Å². The Labute approximate surface area is 181 Å². The van der Waals surface area contributed by atoms with Crippen LogP contribution in [0.2, 0.25) is 0 Å². The molecule has 0 radical (unpaired) electrons. The van der Waals surface area contributed by atoms with Crippen molar-refractivity contribution < 1.29 is 9.53 Å². The molecule has 4 aromatic rings. The number of methoxy groups -OCH3 is 1. The average Bonchev–Trinajstić information content (AvgIpc) is 3.31. The number of carbonyl (C=O) groups excluding carboxylic acids is 1. The minimum absolute atomic E-state index is 0.119. The lowest BCUT2D eigenvalue weighted by Gasteiger charge is -2.09. The molecule has 0 saturated carbocycles. The van der Waals surface area contributed by atoms with E-state index in [9.17, 15) is 4.79 Å². The molecule has 3 aromatic carbocycles. The van der Waals surface area contributed by atoms with E-state index >= 15 is 0 Å². The molecule has 6 nitrogen and oxygen atoms in total. The maximum atomic E-state index is 12.8. The maximum Gasteiger partial charge on any atom is 0.251 e. The number of nitrogens with zero attached hydrogens (tertiary/aromatic N) is 2. The molecule has 0 saturated heterocycles. The molecule has 6 heteroatoms. The Bertz CT molecular complexity index is 1140. The smallest absolute Gasteiger partial charge is 0.251 e. The Morgan fingerprint density at radius 1 is 0.935 bits per heavy atom. The van der Waals surface area contributed by atoms with Crippen molar-refractivity contribution in [3.63, 3.8) is 0 Å². The van der Waals surface area contributed by atoms with Crippen molar-refractivity contribution in [1.29, 1.82) is 0 Å². The van der Waals surface area contributed by atoms with Crippen LogP contribution in [-0.4, -0.2) is 28.2 Å². The van der Waals surface area contributed by atoms with E-state index < -0.39 is 0 Å². The largest absolute Gasteiger partial charge is 0.497 e. The number of aromatic amines is 1. The van der Waals surface area contributed by atoms with E-state index in [0.717, 1.165) is 29.7 Å². The van der Waals surface area contributed by atoms with Gasteiger partial charge in [-0.1, -0.05) is 48.5 Å². The minimum Gasteiger partial charge on any atom is -0.497 e. The summed E-state index contributed by atoms with van der Waals surface area (Å²) >= 11 is 0. The molecule has 1 aromatic heterocycles. The van der Waals surface area contributed by atoms with Gasteiger partial charge in [0.25, 0.3) is 5.91 Å². The molecular weight excluding hydrogens is 388 g/mol. The van der Waals surface area contributed by atoms with Crippen LogP contribution in [0.1, 0.15) is 27.3 Å². The van der Waals surface area contributed by atoms with Gasteiger partial charge < -0.3 is 10.1 Å². The molecule has 0 aliphatic heterocycles. The van der Waals surface area contributed by atoms with E-state index in [1.165, 1.54) is 5.56 Å². The van der Waals surface area contributed by atoms with Gasteiger partial charge in [-0.3, -0.25) is 9.89 Å². The van der Waals surface area contributed by atoms with Gasteiger partial charge >= 0.3 is 0 Å². The third-order valence-corrected chi connectivity index (χ3v) is 5.08. The van der Waals surface area contributed by atoms with Crippen molar-refractivity contribution in [1.82, 2.24) is 20.5 Å². The molecule has 0 aliphatic carbocycles. The number of rotatable bonds is 8. The average molecular weight is 412 g/mol. The molecule has 0 bridgehead atoms. The van der Waals surface area contributed by atoms with Crippen molar-refractivity contribution >= 4 is 5.91 Å². The topological polar surface area (TPSA) is 79.9 Å². The van der Waals surface area contributed by atoms with Crippen molar-refractivity contribution in [2.24, 2.45) is 0 Å². The SMILES string of the molecule is COc1ccc(-c2n[nH]c(CNC(=O)c3ccccc3CCc3ccccc3)n2)cc1. The first-order valence-corrected chi connectivity index (χ1v) is 10.2.